The van der Waals surface area contributed by atoms with Gasteiger partial charge in [0.25, 0.3) is 0 Å². The zero-order valence-corrected chi connectivity index (χ0v) is 21.1. The van der Waals surface area contributed by atoms with Gasteiger partial charge >= 0.3 is 0 Å². The number of nitrogens with two attached hydrogens (primary N) is 1. The number of aromatic nitrogens is 4. The number of nitrogen functional groups attached to an aromatic ring is 1. The van der Waals surface area contributed by atoms with Crippen LogP contribution in [0, 0.1) is 13.8 Å². The van der Waals surface area contributed by atoms with Crippen LogP contribution in [0.5, 0.6) is 5.75 Å². The zero-order chi connectivity index (χ0) is 25.4. The normalized spacial score (nSPS) is 13.1. The molecule has 3 heterocycles. The topological polar surface area (TPSA) is 116 Å². The summed E-state index contributed by atoms with van der Waals surface area (Å²) >= 11 is 6.72. The van der Waals surface area contributed by atoms with Crippen LogP contribution in [-0.4, -0.2) is 37.8 Å². The third-order valence-electron chi connectivity index (χ3n) is 6.21. The third kappa shape index (κ3) is 4.47. The van der Waals surface area contributed by atoms with Crippen LogP contribution in [0.3, 0.4) is 0 Å². The zero-order valence-electron chi connectivity index (χ0n) is 20.3. The molecule has 0 bridgehead atoms. The van der Waals surface area contributed by atoms with Gasteiger partial charge in [-0.1, -0.05) is 17.7 Å². The van der Waals surface area contributed by atoms with Crippen molar-refractivity contribution in [3.8, 4) is 16.9 Å². The highest BCUT2D eigenvalue weighted by Crippen LogP contribution is 2.43. The van der Waals surface area contributed by atoms with Crippen LogP contribution in [0.25, 0.3) is 22.2 Å². The largest absolute Gasteiger partial charge is 0.496 e. The standard InChI is InChI=1S/C26H28ClN5O3/c1-13-11-32(26-22(23(13)34)25(28)30-12-31-26)16(4)19-9-20(27)15(3)21(24(19)35-5)17-6-7-18(29-10-17)8-14(2)33/h6-7,9-12,14,16,33H,8H2,1-5H3,(H2,28,30,31)/t14-,16+/m1/s1. The molecule has 4 aromatic rings. The Labute approximate surface area is 208 Å². The number of methoxy groups -OCH3 is 1. The van der Waals surface area contributed by atoms with Crippen molar-refractivity contribution in [1.82, 2.24) is 19.5 Å². The van der Waals surface area contributed by atoms with Crippen molar-refractivity contribution >= 4 is 28.5 Å². The molecule has 8 nitrogen and oxygen atoms in total. The van der Waals surface area contributed by atoms with Crippen LogP contribution in [0.4, 0.5) is 5.82 Å². The predicted molar refractivity (Wildman–Crippen MR) is 138 cm³/mol. The number of hydrogen-bond donors (Lipinski definition) is 2. The number of rotatable bonds is 6. The van der Waals surface area contributed by atoms with Gasteiger partial charge < -0.3 is 20.1 Å². The number of nitrogens with zero attached hydrogens (tertiary/aromatic N) is 4. The Bertz CT molecular complexity index is 1470. The number of ether oxygens (including phenoxy) is 1. The maximum atomic E-state index is 12.8. The lowest BCUT2D eigenvalue weighted by Gasteiger charge is -2.24. The number of aryl methyl sites for hydroxylation is 1. The number of aliphatic hydroxyl groups is 1. The van der Waals surface area contributed by atoms with Gasteiger partial charge in [0.1, 0.15) is 28.9 Å². The number of halogens is 1. The minimum Gasteiger partial charge on any atom is -0.496 e. The fourth-order valence-electron chi connectivity index (χ4n) is 4.39. The molecule has 35 heavy (non-hydrogen) atoms. The van der Waals surface area contributed by atoms with E-state index in [4.69, 9.17) is 22.1 Å². The summed E-state index contributed by atoms with van der Waals surface area (Å²) in [5.41, 5.74) is 11.0. The first-order valence-corrected chi connectivity index (χ1v) is 11.6. The molecular formula is C26H28ClN5O3. The minimum atomic E-state index is -0.475. The lowest BCUT2D eigenvalue weighted by Crippen LogP contribution is -2.19. The number of fused-ring (bicyclic) bond motifs is 1. The van der Waals surface area contributed by atoms with Gasteiger partial charge in [-0.05, 0) is 45.4 Å². The predicted octanol–water partition coefficient (Wildman–Crippen LogP) is 4.25. The number of pyridine rings is 2. The SMILES string of the molecule is COc1c([C@H](C)n2cc(C)c(=O)c3c(N)ncnc32)cc(Cl)c(C)c1-c1ccc(C[C@@H](C)O)nc1. The van der Waals surface area contributed by atoms with Gasteiger partial charge in [0, 0.05) is 51.8 Å². The van der Waals surface area contributed by atoms with E-state index >= 15 is 0 Å². The summed E-state index contributed by atoms with van der Waals surface area (Å²) in [7, 11) is 1.62. The molecule has 0 aliphatic heterocycles. The summed E-state index contributed by atoms with van der Waals surface area (Å²) in [6.07, 6.45) is 4.87. The van der Waals surface area contributed by atoms with E-state index in [1.54, 1.807) is 33.4 Å². The van der Waals surface area contributed by atoms with Crippen LogP contribution in [0.1, 0.15) is 42.3 Å². The molecule has 1 aromatic carbocycles. The van der Waals surface area contributed by atoms with Crippen molar-refractivity contribution in [2.75, 3.05) is 12.8 Å². The number of anilines is 1. The number of aliphatic hydroxyl groups excluding tert-OH is 1. The first kappa shape index (κ1) is 24.6. The van der Waals surface area contributed by atoms with Gasteiger partial charge in [0.15, 0.2) is 5.43 Å². The minimum absolute atomic E-state index is 0.141. The molecule has 182 valence electrons. The van der Waals surface area contributed by atoms with Crippen molar-refractivity contribution in [3.05, 3.63) is 74.6 Å². The van der Waals surface area contributed by atoms with E-state index in [1.807, 2.05) is 36.6 Å². The molecule has 9 heteroatoms. The second-order valence-electron chi connectivity index (χ2n) is 8.75. The molecule has 0 fully saturated rings. The third-order valence-corrected chi connectivity index (χ3v) is 6.61. The summed E-state index contributed by atoms with van der Waals surface area (Å²) in [6.45, 7) is 7.39. The van der Waals surface area contributed by atoms with Crippen LogP contribution >= 0.6 is 11.6 Å². The van der Waals surface area contributed by atoms with Crippen LogP contribution in [0.2, 0.25) is 5.02 Å². The highest BCUT2D eigenvalue weighted by atomic mass is 35.5. The molecule has 4 rings (SSSR count). The maximum Gasteiger partial charge on any atom is 0.197 e. The molecule has 0 spiro atoms. The lowest BCUT2D eigenvalue weighted by atomic mass is 9.94. The van der Waals surface area contributed by atoms with Gasteiger partial charge in [-0.2, -0.15) is 0 Å². The van der Waals surface area contributed by atoms with Crippen LogP contribution in [-0.2, 0) is 6.42 Å². The second kappa shape index (κ2) is 9.64. The maximum absolute atomic E-state index is 12.8. The summed E-state index contributed by atoms with van der Waals surface area (Å²) in [5, 5.41) is 10.5. The Morgan fingerprint density at radius 3 is 2.57 bits per heavy atom. The Kier molecular flexibility index (Phi) is 6.78. The van der Waals surface area contributed by atoms with Crippen molar-refractivity contribution in [2.24, 2.45) is 0 Å². The van der Waals surface area contributed by atoms with Gasteiger partial charge in [-0.25, -0.2) is 9.97 Å². The van der Waals surface area contributed by atoms with Crippen LogP contribution in [0.15, 0.2) is 41.7 Å². The highest BCUT2D eigenvalue weighted by Gasteiger charge is 2.24. The van der Waals surface area contributed by atoms with E-state index in [9.17, 15) is 9.90 Å². The summed E-state index contributed by atoms with van der Waals surface area (Å²) in [6, 6.07) is 5.42. The second-order valence-corrected chi connectivity index (χ2v) is 9.16. The molecule has 3 aromatic heterocycles. The quantitative estimate of drug-likeness (QED) is 0.412. The molecule has 0 unspecified atom stereocenters. The average Bonchev–Trinajstić information content (AvgIpc) is 2.82. The lowest BCUT2D eigenvalue weighted by molar-refractivity contribution is 0.194. The van der Waals surface area contributed by atoms with E-state index in [-0.39, 0.29) is 22.7 Å². The summed E-state index contributed by atoms with van der Waals surface area (Å²) in [4.78, 5) is 25.7. The van der Waals surface area contributed by atoms with Gasteiger partial charge in [-0.3, -0.25) is 9.78 Å². The smallest absolute Gasteiger partial charge is 0.197 e. The summed E-state index contributed by atoms with van der Waals surface area (Å²) < 4.78 is 7.83. The van der Waals surface area contributed by atoms with Crippen molar-refractivity contribution < 1.29 is 9.84 Å². The fourth-order valence-corrected chi connectivity index (χ4v) is 4.60. The average molecular weight is 494 g/mol. The summed E-state index contributed by atoms with van der Waals surface area (Å²) in [5.74, 6) is 0.790. The van der Waals surface area contributed by atoms with E-state index in [0.29, 0.717) is 28.4 Å². The molecule has 0 saturated carbocycles. The van der Waals surface area contributed by atoms with Crippen molar-refractivity contribution in [1.29, 1.82) is 0 Å². The van der Waals surface area contributed by atoms with Gasteiger partial charge in [0.2, 0.25) is 0 Å². The van der Waals surface area contributed by atoms with Crippen molar-refractivity contribution in [3.63, 3.8) is 0 Å². The monoisotopic (exact) mass is 493 g/mol. The first-order chi connectivity index (χ1) is 16.6. The molecule has 0 radical (unpaired) electrons. The Hall–Kier alpha value is -3.49. The molecule has 0 amide bonds. The first-order valence-electron chi connectivity index (χ1n) is 11.3. The molecule has 0 aliphatic carbocycles. The number of hydrogen-bond acceptors (Lipinski definition) is 7. The van der Waals surface area contributed by atoms with Crippen molar-refractivity contribution in [2.45, 2.75) is 46.3 Å². The molecule has 2 atom stereocenters. The van der Waals surface area contributed by atoms with Gasteiger partial charge in [0.05, 0.1) is 19.3 Å². The van der Waals surface area contributed by atoms with E-state index in [0.717, 1.165) is 27.9 Å². The van der Waals surface area contributed by atoms with E-state index < -0.39 is 6.10 Å². The Morgan fingerprint density at radius 2 is 1.94 bits per heavy atom. The Balaban J connectivity index is 1.93. The van der Waals surface area contributed by atoms with E-state index in [2.05, 4.69) is 15.0 Å². The van der Waals surface area contributed by atoms with E-state index in [1.165, 1.54) is 6.33 Å². The number of benzene rings is 1. The molecule has 0 aliphatic rings. The fraction of sp³-hybridized carbons (Fsp3) is 0.308. The Morgan fingerprint density at radius 1 is 1.20 bits per heavy atom. The molecule has 0 saturated heterocycles. The highest BCUT2D eigenvalue weighted by molar-refractivity contribution is 6.32. The van der Waals surface area contributed by atoms with Crippen LogP contribution < -0.4 is 15.9 Å². The molecule has 3 N–H and O–H groups in total. The molecular weight excluding hydrogens is 466 g/mol. The van der Waals surface area contributed by atoms with Gasteiger partial charge in [-0.15, -0.1) is 0 Å².